The lowest BCUT2D eigenvalue weighted by molar-refractivity contribution is 1.19. The number of anilines is 2. The van der Waals surface area contributed by atoms with Gasteiger partial charge in [-0.2, -0.15) is 0 Å². The summed E-state index contributed by atoms with van der Waals surface area (Å²) in [5, 5.41) is 0. The second-order valence-corrected chi connectivity index (χ2v) is 2.77. The Morgan fingerprint density at radius 1 is 0.857 bits per heavy atom. The summed E-state index contributed by atoms with van der Waals surface area (Å²) in [6.45, 7) is 0. The Morgan fingerprint density at radius 2 is 1.71 bits per heavy atom. The number of rotatable bonds is 1. The highest BCUT2D eigenvalue weighted by Gasteiger charge is 2.00. The summed E-state index contributed by atoms with van der Waals surface area (Å²) < 4.78 is 0. The second kappa shape index (κ2) is 3.29. The topological polar surface area (TPSA) is 90.7 Å². The predicted octanol–water partition coefficient (Wildman–Crippen LogP) is 0.703. The summed E-state index contributed by atoms with van der Waals surface area (Å²) in [7, 11) is 0. The van der Waals surface area contributed by atoms with Crippen LogP contribution in [0.1, 0.15) is 0 Å². The van der Waals surface area contributed by atoms with Crippen molar-refractivity contribution in [3.63, 3.8) is 0 Å². The Morgan fingerprint density at radius 3 is 2.36 bits per heavy atom. The third-order valence-corrected chi connectivity index (χ3v) is 1.70. The van der Waals surface area contributed by atoms with Gasteiger partial charge in [0.25, 0.3) is 0 Å². The zero-order valence-electron chi connectivity index (χ0n) is 7.38. The average molecular weight is 187 g/mol. The third kappa shape index (κ3) is 1.61. The highest BCUT2D eigenvalue weighted by atomic mass is 14.9. The summed E-state index contributed by atoms with van der Waals surface area (Å²) in [5.74, 6) is 0.846. The van der Waals surface area contributed by atoms with E-state index in [1.807, 2.05) is 12.1 Å². The molecule has 2 rings (SSSR count). The molecule has 4 N–H and O–H groups in total. The lowest BCUT2D eigenvalue weighted by Gasteiger charge is -2.00. The molecule has 0 saturated heterocycles. The first-order valence-corrected chi connectivity index (χ1v) is 4.06. The summed E-state index contributed by atoms with van der Waals surface area (Å²) in [6, 6.07) is 5.35. The van der Waals surface area contributed by atoms with Gasteiger partial charge in [-0.25, -0.2) is 15.0 Å². The van der Waals surface area contributed by atoms with Gasteiger partial charge in [-0.1, -0.05) is 6.07 Å². The van der Waals surface area contributed by atoms with Crippen molar-refractivity contribution in [2.24, 2.45) is 0 Å². The number of hydrogen-bond donors (Lipinski definition) is 2. The molecule has 0 aliphatic carbocycles. The summed E-state index contributed by atoms with van der Waals surface area (Å²) in [5.41, 5.74) is 12.3. The van der Waals surface area contributed by atoms with Gasteiger partial charge in [0.05, 0.1) is 18.1 Å². The quantitative estimate of drug-likeness (QED) is 0.685. The van der Waals surface area contributed by atoms with Crippen LogP contribution in [0.2, 0.25) is 0 Å². The molecule has 0 amide bonds. The van der Waals surface area contributed by atoms with Gasteiger partial charge < -0.3 is 11.5 Å². The van der Waals surface area contributed by atoms with Crippen LogP contribution in [0.4, 0.5) is 11.6 Å². The molecule has 2 aromatic heterocycles. The van der Waals surface area contributed by atoms with E-state index in [1.165, 1.54) is 6.20 Å². The number of aromatic nitrogens is 3. The maximum absolute atomic E-state index is 5.54. The average Bonchev–Trinajstić information content (AvgIpc) is 2.19. The summed E-state index contributed by atoms with van der Waals surface area (Å²) in [4.78, 5) is 12.1. The van der Waals surface area contributed by atoms with Gasteiger partial charge in [0.2, 0.25) is 0 Å². The summed E-state index contributed by atoms with van der Waals surface area (Å²) in [6.07, 6.45) is 3.05. The number of nitrogens with zero attached hydrogens (tertiary/aromatic N) is 3. The van der Waals surface area contributed by atoms with Crippen LogP contribution in [0.3, 0.4) is 0 Å². The van der Waals surface area contributed by atoms with Crippen LogP contribution in [-0.2, 0) is 0 Å². The molecule has 2 heterocycles. The van der Waals surface area contributed by atoms with E-state index in [4.69, 9.17) is 11.5 Å². The molecule has 5 nitrogen and oxygen atoms in total. The molecule has 0 bridgehead atoms. The number of nitrogens with two attached hydrogens (primary N) is 2. The van der Waals surface area contributed by atoms with Gasteiger partial charge in [-0.05, 0) is 12.1 Å². The fourth-order valence-corrected chi connectivity index (χ4v) is 1.06. The Balaban J connectivity index is 2.44. The first kappa shape index (κ1) is 8.43. The standard InChI is InChI=1S/C9H9N5/c10-8-3-1-2-6(14-8)7-4-13-9(11)5-12-7/h1-5H,(H2,10,14)(H2,11,13). The predicted molar refractivity (Wildman–Crippen MR) is 54.1 cm³/mol. The Bertz CT molecular complexity index is 437. The molecule has 0 atom stereocenters. The smallest absolute Gasteiger partial charge is 0.141 e. The third-order valence-electron chi connectivity index (χ3n) is 1.70. The van der Waals surface area contributed by atoms with Crippen LogP contribution in [0.5, 0.6) is 0 Å². The van der Waals surface area contributed by atoms with Crippen LogP contribution in [0.25, 0.3) is 11.4 Å². The van der Waals surface area contributed by atoms with Crippen molar-refractivity contribution in [2.45, 2.75) is 0 Å². The monoisotopic (exact) mass is 187 g/mol. The number of hydrogen-bond acceptors (Lipinski definition) is 5. The molecule has 5 heteroatoms. The van der Waals surface area contributed by atoms with E-state index >= 15 is 0 Å². The first-order chi connectivity index (χ1) is 6.75. The minimum absolute atomic E-state index is 0.387. The Labute approximate surface area is 80.8 Å². The maximum Gasteiger partial charge on any atom is 0.141 e. The van der Waals surface area contributed by atoms with E-state index in [1.54, 1.807) is 12.3 Å². The van der Waals surface area contributed by atoms with E-state index in [0.29, 0.717) is 23.0 Å². The van der Waals surface area contributed by atoms with E-state index in [0.717, 1.165) is 0 Å². The van der Waals surface area contributed by atoms with Crippen molar-refractivity contribution >= 4 is 11.6 Å². The fourth-order valence-electron chi connectivity index (χ4n) is 1.06. The molecule has 2 aromatic rings. The van der Waals surface area contributed by atoms with Crippen LogP contribution in [0, 0.1) is 0 Å². The molecular formula is C9H9N5. The molecule has 0 spiro atoms. The molecule has 0 aromatic carbocycles. The first-order valence-electron chi connectivity index (χ1n) is 4.06. The minimum Gasteiger partial charge on any atom is -0.384 e. The molecule has 70 valence electrons. The zero-order chi connectivity index (χ0) is 9.97. The van der Waals surface area contributed by atoms with Gasteiger partial charge in [0, 0.05) is 0 Å². The van der Waals surface area contributed by atoms with Crippen LogP contribution in [0.15, 0.2) is 30.6 Å². The highest BCUT2D eigenvalue weighted by molar-refractivity contribution is 5.55. The van der Waals surface area contributed by atoms with Crippen molar-refractivity contribution in [2.75, 3.05) is 11.5 Å². The van der Waals surface area contributed by atoms with Gasteiger partial charge in [0.15, 0.2) is 0 Å². The van der Waals surface area contributed by atoms with Crippen molar-refractivity contribution in [1.29, 1.82) is 0 Å². The SMILES string of the molecule is Nc1cnc(-c2cccc(N)n2)cn1. The van der Waals surface area contributed by atoms with E-state index in [2.05, 4.69) is 15.0 Å². The molecule has 0 unspecified atom stereocenters. The number of nitrogen functional groups attached to an aromatic ring is 2. The summed E-state index contributed by atoms with van der Waals surface area (Å²) >= 11 is 0. The molecule has 0 saturated carbocycles. The van der Waals surface area contributed by atoms with Crippen LogP contribution >= 0.6 is 0 Å². The van der Waals surface area contributed by atoms with Gasteiger partial charge in [-0.3, -0.25) is 0 Å². The van der Waals surface area contributed by atoms with Crippen molar-refractivity contribution in [3.8, 4) is 11.4 Å². The molecule has 0 aliphatic rings. The van der Waals surface area contributed by atoms with Crippen molar-refractivity contribution in [1.82, 2.24) is 15.0 Å². The molecule has 0 aliphatic heterocycles. The van der Waals surface area contributed by atoms with E-state index in [-0.39, 0.29) is 0 Å². The van der Waals surface area contributed by atoms with Crippen LogP contribution < -0.4 is 11.5 Å². The molecule has 0 radical (unpaired) electrons. The molecule has 14 heavy (non-hydrogen) atoms. The lowest BCUT2D eigenvalue weighted by Crippen LogP contribution is -1.95. The van der Waals surface area contributed by atoms with E-state index in [9.17, 15) is 0 Å². The minimum atomic E-state index is 0.387. The number of pyridine rings is 1. The maximum atomic E-state index is 5.54. The van der Waals surface area contributed by atoms with Crippen LogP contribution in [-0.4, -0.2) is 15.0 Å². The highest BCUT2D eigenvalue weighted by Crippen LogP contribution is 2.14. The molecule has 0 fully saturated rings. The Kier molecular flexibility index (Phi) is 1.98. The normalized spacial score (nSPS) is 10.0. The van der Waals surface area contributed by atoms with Gasteiger partial charge in [0.1, 0.15) is 17.3 Å². The molecular weight excluding hydrogens is 178 g/mol. The van der Waals surface area contributed by atoms with Gasteiger partial charge >= 0.3 is 0 Å². The largest absolute Gasteiger partial charge is 0.384 e. The zero-order valence-corrected chi connectivity index (χ0v) is 7.38. The van der Waals surface area contributed by atoms with Gasteiger partial charge in [-0.15, -0.1) is 0 Å². The van der Waals surface area contributed by atoms with Crippen molar-refractivity contribution < 1.29 is 0 Å². The lowest BCUT2D eigenvalue weighted by atomic mass is 10.3. The second-order valence-electron chi connectivity index (χ2n) is 2.77. The fraction of sp³-hybridized carbons (Fsp3) is 0. The Hall–Kier alpha value is -2.17. The van der Waals surface area contributed by atoms with E-state index < -0.39 is 0 Å². The van der Waals surface area contributed by atoms with Crippen molar-refractivity contribution in [3.05, 3.63) is 30.6 Å².